The second kappa shape index (κ2) is 5.32. The Balaban J connectivity index is 1.87. The van der Waals surface area contributed by atoms with Crippen LogP contribution in [0, 0.1) is 0 Å². The van der Waals surface area contributed by atoms with Gasteiger partial charge in [0.1, 0.15) is 5.75 Å². The van der Waals surface area contributed by atoms with E-state index in [2.05, 4.69) is 15.2 Å². The first-order valence-electron chi connectivity index (χ1n) is 6.53. The number of carboxylic acid groups (broad SMARTS) is 1. The summed E-state index contributed by atoms with van der Waals surface area (Å²) in [6, 6.07) is 8.82. The Bertz CT molecular complexity index is 688. The molecule has 108 valence electrons. The van der Waals surface area contributed by atoms with E-state index in [1.165, 1.54) is 0 Å². The normalized spacial score (nSPS) is 12.7. The van der Waals surface area contributed by atoms with E-state index in [1.54, 1.807) is 31.5 Å². The number of fused-ring (bicyclic) bond motifs is 1. The molecule has 0 atom stereocenters. The molecule has 2 heterocycles. The smallest absolute Gasteiger partial charge is 0.335 e. The van der Waals surface area contributed by atoms with Gasteiger partial charge in [-0.3, -0.25) is 0 Å². The van der Waals surface area contributed by atoms with Crippen molar-refractivity contribution >= 4 is 17.5 Å². The van der Waals surface area contributed by atoms with Crippen molar-refractivity contribution in [3.8, 4) is 5.75 Å². The largest absolute Gasteiger partial charge is 0.496 e. The number of nitrogens with one attached hydrogen (secondary N) is 1. The minimum absolute atomic E-state index is 0.220. The van der Waals surface area contributed by atoms with Gasteiger partial charge in [0.05, 0.1) is 25.0 Å². The van der Waals surface area contributed by atoms with Crippen LogP contribution in [0.25, 0.3) is 0 Å². The van der Waals surface area contributed by atoms with Crippen molar-refractivity contribution in [3.63, 3.8) is 0 Å². The molecule has 0 spiro atoms. The number of hydrogen-bond acceptors (Lipinski definition) is 5. The van der Waals surface area contributed by atoms with E-state index < -0.39 is 5.97 Å². The lowest BCUT2D eigenvalue weighted by molar-refractivity contribution is 0.0696. The molecule has 21 heavy (non-hydrogen) atoms. The van der Waals surface area contributed by atoms with Crippen molar-refractivity contribution in [1.29, 1.82) is 0 Å². The van der Waals surface area contributed by atoms with Crippen molar-refractivity contribution in [1.82, 2.24) is 4.98 Å². The second-order valence-electron chi connectivity index (χ2n) is 4.74. The Hall–Kier alpha value is -2.76. The Kier molecular flexibility index (Phi) is 3.35. The van der Waals surface area contributed by atoms with Gasteiger partial charge in [0.25, 0.3) is 0 Å². The average molecular weight is 285 g/mol. The summed E-state index contributed by atoms with van der Waals surface area (Å²) >= 11 is 0. The predicted octanol–water partition coefficient (Wildman–Crippen LogP) is 2.18. The number of methoxy groups -OCH3 is 1. The topological polar surface area (TPSA) is 74.7 Å². The lowest BCUT2D eigenvalue weighted by Crippen LogP contribution is -2.22. The van der Waals surface area contributed by atoms with Crippen LogP contribution in [0.15, 0.2) is 36.5 Å². The fourth-order valence-corrected chi connectivity index (χ4v) is 2.40. The minimum Gasteiger partial charge on any atom is -0.496 e. The maximum absolute atomic E-state index is 11.0. The van der Waals surface area contributed by atoms with Gasteiger partial charge in [0, 0.05) is 18.3 Å². The third-order valence-corrected chi connectivity index (χ3v) is 3.46. The van der Waals surface area contributed by atoms with Crippen LogP contribution >= 0.6 is 0 Å². The molecule has 3 rings (SSSR count). The number of nitrogens with zero attached hydrogens (tertiary/aromatic N) is 2. The molecular formula is C15H15N3O3. The zero-order valence-corrected chi connectivity index (χ0v) is 11.5. The van der Waals surface area contributed by atoms with Crippen LogP contribution in [-0.4, -0.2) is 29.8 Å². The molecule has 1 aromatic heterocycles. The van der Waals surface area contributed by atoms with E-state index in [9.17, 15) is 4.79 Å². The van der Waals surface area contributed by atoms with Crippen molar-refractivity contribution in [2.24, 2.45) is 0 Å². The van der Waals surface area contributed by atoms with Gasteiger partial charge >= 0.3 is 5.97 Å². The lowest BCUT2D eigenvalue weighted by Gasteiger charge is -2.19. The molecule has 1 aliphatic heterocycles. The number of rotatable bonds is 4. The van der Waals surface area contributed by atoms with Crippen molar-refractivity contribution < 1.29 is 14.6 Å². The molecule has 0 radical (unpaired) electrons. The molecule has 2 N–H and O–H groups in total. The fourth-order valence-electron chi connectivity index (χ4n) is 2.40. The Morgan fingerprint density at radius 2 is 2.33 bits per heavy atom. The molecule has 0 fully saturated rings. The summed E-state index contributed by atoms with van der Waals surface area (Å²) in [7, 11) is 1.54. The molecule has 0 unspecified atom stereocenters. The third kappa shape index (κ3) is 2.47. The van der Waals surface area contributed by atoms with E-state index in [-0.39, 0.29) is 5.56 Å². The highest BCUT2D eigenvalue weighted by molar-refractivity contribution is 5.88. The number of benzene rings is 1. The number of anilines is 2. The van der Waals surface area contributed by atoms with Crippen LogP contribution in [-0.2, 0) is 6.54 Å². The first-order chi connectivity index (χ1) is 10.2. The summed E-state index contributed by atoms with van der Waals surface area (Å²) in [5.74, 6) is 0.475. The summed E-state index contributed by atoms with van der Waals surface area (Å²) in [4.78, 5) is 17.4. The molecule has 0 bridgehead atoms. The molecule has 6 nitrogen and oxygen atoms in total. The maximum atomic E-state index is 11.0. The summed E-state index contributed by atoms with van der Waals surface area (Å²) < 4.78 is 5.31. The summed E-state index contributed by atoms with van der Waals surface area (Å²) in [5.41, 5.74) is 2.18. The number of aromatic carboxylic acids is 1. The summed E-state index contributed by atoms with van der Waals surface area (Å²) in [6.07, 6.45) is 1.75. The molecule has 1 aliphatic rings. The Labute approximate surface area is 122 Å². The number of pyridine rings is 1. The first kappa shape index (κ1) is 13.2. The molecule has 2 aromatic rings. The average Bonchev–Trinajstić information content (AvgIpc) is 2.91. The van der Waals surface area contributed by atoms with Gasteiger partial charge in [-0.25, -0.2) is 9.78 Å². The van der Waals surface area contributed by atoms with Crippen LogP contribution < -0.4 is 15.0 Å². The highest BCUT2D eigenvalue weighted by atomic mass is 16.5. The number of aromatic nitrogens is 1. The molecule has 1 aromatic carbocycles. The van der Waals surface area contributed by atoms with Gasteiger partial charge in [-0.1, -0.05) is 6.07 Å². The van der Waals surface area contributed by atoms with Gasteiger partial charge in [0.2, 0.25) is 0 Å². The van der Waals surface area contributed by atoms with Gasteiger partial charge in [-0.05, 0) is 24.3 Å². The van der Waals surface area contributed by atoms with Crippen molar-refractivity contribution in [3.05, 3.63) is 47.7 Å². The zero-order valence-electron chi connectivity index (χ0n) is 11.5. The SMILES string of the molecule is COc1cc(C(=O)O)ccc1CN1CNc2ncccc21. The van der Waals surface area contributed by atoms with Crippen molar-refractivity contribution in [2.75, 3.05) is 24.0 Å². The molecule has 6 heteroatoms. The first-order valence-corrected chi connectivity index (χ1v) is 6.53. The number of ether oxygens (including phenoxy) is 1. The minimum atomic E-state index is -0.961. The van der Waals surface area contributed by atoms with E-state index >= 15 is 0 Å². The molecule has 0 amide bonds. The van der Waals surface area contributed by atoms with E-state index in [1.807, 2.05) is 12.1 Å². The fraction of sp³-hybridized carbons (Fsp3) is 0.200. The monoisotopic (exact) mass is 285 g/mol. The molecule has 0 saturated carbocycles. The van der Waals surface area contributed by atoms with Crippen LogP contribution in [0.4, 0.5) is 11.5 Å². The standard InChI is InChI=1S/C15H15N3O3/c1-21-13-7-10(15(19)20)4-5-11(13)8-18-9-17-14-12(18)3-2-6-16-14/h2-7H,8-9H2,1H3,(H,16,17)(H,19,20). The summed E-state index contributed by atoms with van der Waals surface area (Å²) in [6.45, 7) is 1.28. The zero-order chi connectivity index (χ0) is 14.8. The Morgan fingerprint density at radius 3 is 3.10 bits per heavy atom. The summed E-state index contributed by atoms with van der Waals surface area (Å²) in [5, 5.41) is 12.2. The van der Waals surface area contributed by atoms with Crippen LogP contribution in [0.5, 0.6) is 5.75 Å². The number of carbonyl (C=O) groups is 1. The molecular weight excluding hydrogens is 270 g/mol. The highest BCUT2D eigenvalue weighted by Gasteiger charge is 2.20. The molecule has 0 aliphatic carbocycles. The molecule has 0 saturated heterocycles. The lowest BCUT2D eigenvalue weighted by atomic mass is 10.1. The highest BCUT2D eigenvalue weighted by Crippen LogP contribution is 2.31. The number of hydrogen-bond donors (Lipinski definition) is 2. The van der Waals surface area contributed by atoms with Gasteiger partial charge < -0.3 is 20.1 Å². The number of carboxylic acids is 1. The quantitative estimate of drug-likeness (QED) is 0.897. The van der Waals surface area contributed by atoms with Crippen LogP contribution in [0.2, 0.25) is 0 Å². The third-order valence-electron chi connectivity index (χ3n) is 3.46. The van der Waals surface area contributed by atoms with Gasteiger partial charge in [-0.2, -0.15) is 0 Å². The van der Waals surface area contributed by atoms with E-state index in [4.69, 9.17) is 9.84 Å². The van der Waals surface area contributed by atoms with Crippen LogP contribution in [0.1, 0.15) is 15.9 Å². The van der Waals surface area contributed by atoms with Crippen LogP contribution in [0.3, 0.4) is 0 Å². The van der Waals surface area contributed by atoms with Crippen molar-refractivity contribution in [2.45, 2.75) is 6.54 Å². The second-order valence-corrected chi connectivity index (χ2v) is 4.74. The van der Waals surface area contributed by atoms with Gasteiger partial charge in [-0.15, -0.1) is 0 Å². The van der Waals surface area contributed by atoms with E-state index in [0.29, 0.717) is 19.0 Å². The van der Waals surface area contributed by atoms with Gasteiger partial charge in [0.15, 0.2) is 5.82 Å². The Morgan fingerprint density at radius 1 is 1.48 bits per heavy atom. The predicted molar refractivity (Wildman–Crippen MR) is 78.9 cm³/mol. The van der Waals surface area contributed by atoms with E-state index in [0.717, 1.165) is 17.1 Å². The maximum Gasteiger partial charge on any atom is 0.335 e.